The van der Waals surface area contributed by atoms with Crippen molar-refractivity contribution >= 4 is 5.97 Å². The highest BCUT2D eigenvalue weighted by Crippen LogP contribution is 2.15. The summed E-state index contributed by atoms with van der Waals surface area (Å²) in [6.07, 6.45) is 63.6. The average Bonchev–Trinajstić information content (AvgIpc) is 3.16. The van der Waals surface area contributed by atoms with Crippen molar-refractivity contribution in [3.05, 3.63) is 85.1 Å². The maximum Gasteiger partial charge on any atom is 0.306 e. The molecule has 0 saturated heterocycles. The molecule has 0 aromatic heterocycles. The summed E-state index contributed by atoms with van der Waals surface area (Å²) in [5, 5.41) is 9.60. The summed E-state index contributed by atoms with van der Waals surface area (Å²) in [7, 11) is 0. The molecule has 0 rings (SSSR count). The molecule has 0 heterocycles. The van der Waals surface area contributed by atoms with Crippen LogP contribution in [0.25, 0.3) is 0 Å². The number of esters is 1. The van der Waals surface area contributed by atoms with E-state index < -0.39 is 6.10 Å². The highest BCUT2D eigenvalue weighted by Gasteiger charge is 2.13. The van der Waals surface area contributed by atoms with E-state index in [-0.39, 0.29) is 19.2 Å². The van der Waals surface area contributed by atoms with Crippen LogP contribution in [0.2, 0.25) is 0 Å². The predicted octanol–water partition coefficient (Wildman–Crippen LogP) is 14.8. The highest BCUT2D eigenvalue weighted by molar-refractivity contribution is 5.69. The van der Waals surface area contributed by atoms with E-state index in [1.165, 1.54) is 96.3 Å². The molecule has 53 heavy (non-hydrogen) atoms. The van der Waals surface area contributed by atoms with E-state index in [0.717, 1.165) is 77.0 Å². The van der Waals surface area contributed by atoms with Gasteiger partial charge in [0.2, 0.25) is 0 Å². The number of aliphatic hydroxyl groups is 1. The van der Waals surface area contributed by atoms with Crippen LogP contribution in [0.1, 0.15) is 194 Å². The molecule has 304 valence electrons. The van der Waals surface area contributed by atoms with Gasteiger partial charge in [0.05, 0.1) is 13.2 Å². The Labute approximate surface area is 329 Å². The summed E-state index contributed by atoms with van der Waals surface area (Å²) in [5.41, 5.74) is 0. The third-order valence-corrected chi connectivity index (χ3v) is 9.23. The van der Waals surface area contributed by atoms with Crippen molar-refractivity contribution in [1.82, 2.24) is 0 Å². The topological polar surface area (TPSA) is 55.8 Å². The van der Waals surface area contributed by atoms with E-state index in [1.54, 1.807) is 0 Å². The van der Waals surface area contributed by atoms with E-state index in [2.05, 4.69) is 98.9 Å². The SMILES string of the molecule is CC/C=C\C/C=C\C/C=C\C/C=C\C/C=C\C/C=C\C/C=C\CCCCOCC(CO)OC(=O)CCCCCCCCCCCCCCCCCCC. The van der Waals surface area contributed by atoms with E-state index in [4.69, 9.17) is 9.47 Å². The fourth-order valence-electron chi connectivity index (χ4n) is 5.95. The maximum absolute atomic E-state index is 12.2. The molecule has 0 spiro atoms. The van der Waals surface area contributed by atoms with Gasteiger partial charge in [0.1, 0.15) is 6.10 Å². The van der Waals surface area contributed by atoms with Crippen LogP contribution in [0.5, 0.6) is 0 Å². The highest BCUT2D eigenvalue weighted by atomic mass is 16.6. The Balaban J connectivity index is 3.56. The van der Waals surface area contributed by atoms with Gasteiger partial charge < -0.3 is 14.6 Å². The van der Waals surface area contributed by atoms with Crippen molar-refractivity contribution < 1.29 is 19.4 Å². The van der Waals surface area contributed by atoms with Gasteiger partial charge in [0, 0.05) is 13.0 Å². The number of allylic oxidation sites excluding steroid dienone is 14. The van der Waals surface area contributed by atoms with Crippen molar-refractivity contribution in [2.75, 3.05) is 19.8 Å². The van der Waals surface area contributed by atoms with Gasteiger partial charge >= 0.3 is 5.97 Å². The molecule has 0 fully saturated rings. The number of carbonyl (C=O) groups excluding carboxylic acids is 1. The second kappa shape index (κ2) is 45.7. The molecular weight excluding hydrogens is 653 g/mol. The van der Waals surface area contributed by atoms with Gasteiger partial charge in [0.15, 0.2) is 0 Å². The van der Waals surface area contributed by atoms with Crippen molar-refractivity contribution in [1.29, 1.82) is 0 Å². The number of unbranched alkanes of at least 4 members (excludes halogenated alkanes) is 18. The van der Waals surface area contributed by atoms with Crippen molar-refractivity contribution in [3.8, 4) is 0 Å². The largest absolute Gasteiger partial charge is 0.457 e. The van der Waals surface area contributed by atoms with Crippen LogP contribution >= 0.6 is 0 Å². The molecule has 0 aliphatic rings. The maximum atomic E-state index is 12.2. The van der Waals surface area contributed by atoms with Crippen LogP contribution in [-0.4, -0.2) is 37.0 Å². The minimum atomic E-state index is -0.561. The van der Waals surface area contributed by atoms with E-state index in [1.807, 2.05) is 0 Å². The summed E-state index contributed by atoms with van der Waals surface area (Å²) in [6, 6.07) is 0. The van der Waals surface area contributed by atoms with Gasteiger partial charge in [-0.2, -0.15) is 0 Å². The van der Waals surface area contributed by atoms with E-state index >= 15 is 0 Å². The third kappa shape index (κ3) is 43.9. The van der Waals surface area contributed by atoms with Gasteiger partial charge in [-0.25, -0.2) is 0 Å². The molecule has 0 radical (unpaired) electrons. The molecule has 4 nitrogen and oxygen atoms in total. The molecule has 0 aliphatic carbocycles. The van der Waals surface area contributed by atoms with E-state index in [9.17, 15) is 9.90 Å². The number of hydrogen-bond acceptors (Lipinski definition) is 4. The molecule has 0 bridgehead atoms. The first-order chi connectivity index (χ1) is 26.2. The molecule has 0 aliphatic heterocycles. The van der Waals surface area contributed by atoms with Crippen LogP contribution in [0.4, 0.5) is 0 Å². The summed E-state index contributed by atoms with van der Waals surface area (Å²) in [4.78, 5) is 12.2. The molecule has 1 N–H and O–H groups in total. The van der Waals surface area contributed by atoms with Crippen LogP contribution in [0.3, 0.4) is 0 Å². The van der Waals surface area contributed by atoms with Crippen LogP contribution < -0.4 is 0 Å². The molecule has 0 aromatic carbocycles. The first-order valence-electron chi connectivity index (χ1n) is 22.2. The van der Waals surface area contributed by atoms with Crippen molar-refractivity contribution in [2.45, 2.75) is 200 Å². The standard InChI is InChI=1S/C49H84O4/c1-3-5-7-9-11-13-15-17-19-21-22-23-24-25-26-27-29-31-33-35-37-39-41-43-45-52-47-48(46-50)53-49(51)44-42-40-38-36-34-32-30-28-20-18-16-14-12-10-8-6-4-2/h5,7,11,13,17,19,22-23,25-26,29,31,35,37,48,50H,3-4,6,8-10,12,14-16,18,20-21,24,27-28,30,32-34,36,38-47H2,1-2H3/b7-5-,13-11-,19-17-,23-22-,26-25-,31-29-,37-35-. The number of ether oxygens (including phenoxy) is 2. The summed E-state index contributed by atoms with van der Waals surface area (Å²) in [5.74, 6) is -0.217. The second-order valence-electron chi connectivity index (χ2n) is 14.4. The van der Waals surface area contributed by atoms with Crippen LogP contribution in [0, 0.1) is 0 Å². The zero-order chi connectivity index (χ0) is 38.4. The first-order valence-corrected chi connectivity index (χ1v) is 22.2. The predicted molar refractivity (Wildman–Crippen MR) is 232 cm³/mol. The zero-order valence-corrected chi connectivity index (χ0v) is 34.8. The number of aliphatic hydroxyl groups excluding tert-OH is 1. The number of hydrogen-bond donors (Lipinski definition) is 1. The van der Waals surface area contributed by atoms with Crippen molar-refractivity contribution in [2.24, 2.45) is 0 Å². The zero-order valence-electron chi connectivity index (χ0n) is 34.8. The minimum Gasteiger partial charge on any atom is -0.457 e. The summed E-state index contributed by atoms with van der Waals surface area (Å²) in [6.45, 7) is 5.13. The molecule has 0 aromatic rings. The van der Waals surface area contributed by atoms with Crippen LogP contribution in [-0.2, 0) is 14.3 Å². The Kier molecular flexibility index (Phi) is 43.6. The Morgan fingerprint density at radius 3 is 1.25 bits per heavy atom. The smallest absolute Gasteiger partial charge is 0.306 e. The minimum absolute atomic E-state index is 0.192. The quantitative estimate of drug-likeness (QED) is 0.0387. The number of rotatable bonds is 40. The monoisotopic (exact) mass is 737 g/mol. The third-order valence-electron chi connectivity index (χ3n) is 9.23. The van der Waals surface area contributed by atoms with Gasteiger partial charge in [-0.3, -0.25) is 4.79 Å². The molecule has 0 saturated carbocycles. The number of carbonyl (C=O) groups is 1. The molecule has 1 unspecified atom stereocenters. The van der Waals surface area contributed by atoms with Gasteiger partial charge in [-0.05, 0) is 70.6 Å². The molecule has 4 heteroatoms. The lowest BCUT2D eigenvalue weighted by Crippen LogP contribution is -2.27. The Bertz CT molecular complexity index is 954. The molecule has 0 amide bonds. The van der Waals surface area contributed by atoms with Gasteiger partial charge in [-0.15, -0.1) is 0 Å². The van der Waals surface area contributed by atoms with Gasteiger partial charge in [0.25, 0.3) is 0 Å². The molecular formula is C49H84O4. The fourth-order valence-corrected chi connectivity index (χ4v) is 5.95. The Morgan fingerprint density at radius 1 is 0.472 bits per heavy atom. The van der Waals surface area contributed by atoms with Crippen LogP contribution in [0.15, 0.2) is 85.1 Å². The lowest BCUT2D eigenvalue weighted by molar-refractivity contribution is -0.154. The van der Waals surface area contributed by atoms with Gasteiger partial charge in [-0.1, -0.05) is 202 Å². The lowest BCUT2D eigenvalue weighted by atomic mass is 10.0. The molecule has 1 atom stereocenters. The Morgan fingerprint density at radius 2 is 0.849 bits per heavy atom. The normalized spacial score (nSPS) is 13.2. The van der Waals surface area contributed by atoms with E-state index in [0.29, 0.717) is 13.0 Å². The average molecular weight is 737 g/mol. The summed E-state index contributed by atoms with van der Waals surface area (Å²) < 4.78 is 11.1. The lowest BCUT2D eigenvalue weighted by Gasteiger charge is -2.15. The first kappa shape index (κ1) is 50.6. The Hall–Kier alpha value is -2.43. The fraction of sp³-hybridized carbons (Fsp3) is 0.694. The summed E-state index contributed by atoms with van der Waals surface area (Å²) >= 11 is 0. The van der Waals surface area contributed by atoms with Crippen molar-refractivity contribution in [3.63, 3.8) is 0 Å². The second-order valence-corrected chi connectivity index (χ2v) is 14.4.